The Hall–Kier alpha value is -3.38. The molecule has 156 valence electrons. The van der Waals surface area contributed by atoms with Crippen molar-refractivity contribution in [1.82, 2.24) is 0 Å². The Morgan fingerprint density at radius 2 is 1.81 bits per heavy atom. The zero-order valence-corrected chi connectivity index (χ0v) is 18.3. The summed E-state index contributed by atoms with van der Waals surface area (Å²) in [7, 11) is 0. The number of ether oxygens (including phenoxy) is 3. The summed E-state index contributed by atoms with van der Waals surface area (Å²) < 4.78 is 17.9. The molecule has 4 rings (SSSR count). The van der Waals surface area contributed by atoms with Gasteiger partial charge in [0.05, 0.1) is 12.2 Å². The average molecular weight is 479 g/mol. The van der Waals surface area contributed by atoms with Crippen molar-refractivity contribution in [3.8, 4) is 11.5 Å². The predicted molar refractivity (Wildman–Crippen MR) is 120 cm³/mol. The zero-order valence-electron chi connectivity index (χ0n) is 16.7. The molecule has 0 aromatic heterocycles. The summed E-state index contributed by atoms with van der Waals surface area (Å²) in [4.78, 5) is 25.2. The number of fused-ring (bicyclic) bond motifs is 1. The Balaban J connectivity index is 1.58. The number of carbonyl (C=O) groups is 2. The number of halogens is 1. The van der Waals surface area contributed by atoms with Gasteiger partial charge in [-0.15, -0.1) is 0 Å². The van der Waals surface area contributed by atoms with Crippen molar-refractivity contribution in [3.05, 3.63) is 99.7 Å². The van der Waals surface area contributed by atoms with Crippen LogP contribution >= 0.6 is 15.9 Å². The average Bonchev–Trinajstić information content (AvgIpc) is 3.09. The first-order chi connectivity index (χ1) is 15.0. The molecule has 6 heteroatoms. The van der Waals surface area contributed by atoms with E-state index in [1.54, 1.807) is 43.3 Å². The third-order valence-corrected chi connectivity index (χ3v) is 5.19. The lowest BCUT2D eigenvalue weighted by Gasteiger charge is -2.18. The molecule has 3 aromatic carbocycles. The van der Waals surface area contributed by atoms with Gasteiger partial charge in [-0.25, -0.2) is 4.79 Å². The molecule has 0 N–H and O–H groups in total. The third kappa shape index (κ3) is 4.70. The number of ketones is 1. The molecule has 0 saturated heterocycles. The normalized spacial score (nSPS) is 14.6. The smallest absolute Gasteiger partial charge is 0.352 e. The number of hydrogen-bond acceptors (Lipinski definition) is 5. The van der Waals surface area contributed by atoms with E-state index in [0.717, 1.165) is 10.0 Å². The summed E-state index contributed by atoms with van der Waals surface area (Å²) in [6.07, 6.45) is 0.773. The van der Waals surface area contributed by atoms with E-state index in [0.29, 0.717) is 22.6 Å². The summed E-state index contributed by atoms with van der Waals surface area (Å²) >= 11 is 3.39. The summed E-state index contributed by atoms with van der Waals surface area (Å²) in [6.45, 7) is 1.99. The van der Waals surface area contributed by atoms with Gasteiger partial charge in [-0.05, 0) is 42.8 Å². The van der Waals surface area contributed by atoms with Gasteiger partial charge in [-0.3, -0.25) is 4.79 Å². The molecule has 1 unspecified atom stereocenters. The molecule has 5 nitrogen and oxygen atoms in total. The number of rotatable bonds is 6. The van der Waals surface area contributed by atoms with Gasteiger partial charge in [0.25, 0.3) is 0 Å². The van der Waals surface area contributed by atoms with Crippen LogP contribution in [0.15, 0.2) is 83.0 Å². The minimum Gasteiger partial charge on any atom is -0.474 e. The van der Waals surface area contributed by atoms with Gasteiger partial charge in [0.15, 0.2) is 5.76 Å². The van der Waals surface area contributed by atoms with Gasteiger partial charge in [0.2, 0.25) is 11.9 Å². The molecule has 0 fully saturated rings. The predicted octanol–water partition coefficient (Wildman–Crippen LogP) is 5.75. The Morgan fingerprint density at radius 1 is 1.06 bits per heavy atom. The van der Waals surface area contributed by atoms with Gasteiger partial charge >= 0.3 is 5.97 Å². The van der Waals surface area contributed by atoms with E-state index in [9.17, 15) is 9.59 Å². The van der Waals surface area contributed by atoms with Crippen molar-refractivity contribution >= 4 is 33.8 Å². The van der Waals surface area contributed by atoms with Gasteiger partial charge in [0.1, 0.15) is 11.5 Å². The number of allylic oxidation sites excluding steroid dienone is 1. The molecule has 0 saturated carbocycles. The van der Waals surface area contributed by atoms with E-state index in [1.165, 1.54) is 0 Å². The lowest BCUT2D eigenvalue weighted by atomic mass is 10.1. The maximum Gasteiger partial charge on any atom is 0.352 e. The fourth-order valence-corrected chi connectivity index (χ4v) is 3.45. The number of Topliss-reactive ketones (excluding diaryl/α,β-unsaturated/α-hetero) is 1. The first-order valence-electron chi connectivity index (χ1n) is 9.77. The van der Waals surface area contributed by atoms with Crippen LogP contribution in [0.5, 0.6) is 11.5 Å². The van der Waals surface area contributed by atoms with Crippen molar-refractivity contribution in [2.75, 3.05) is 6.61 Å². The molecule has 31 heavy (non-hydrogen) atoms. The quantitative estimate of drug-likeness (QED) is 0.333. The maximum atomic E-state index is 12.7. The fraction of sp³-hybridized carbons (Fsp3) is 0.120. The van der Waals surface area contributed by atoms with E-state index in [-0.39, 0.29) is 18.1 Å². The van der Waals surface area contributed by atoms with Crippen molar-refractivity contribution in [2.24, 2.45) is 0 Å². The van der Waals surface area contributed by atoms with Crippen LogP contribution < -0.4 is 9.47 Å². The number of benzene rings is 3. The summed E-state index contributed by atoms with van der Waals surface area (Å²) in [5.41, 5.74) is 1.97. The van der Waals surface area contributed by atoms with E-state index in [2.05, 4.69) is 15.9 Å². The zero-order chi connectivity index (χ0) is 21.8. The van der Waals surface area contributed by atoms with Gasteiger partial charge in [0, 0.05) is 16.1 Å². The van der Waals surface area contributed by atoms with Crippen molar-refractivity contribution in [3.63, 3.8) is 0 Å². The molecule has 0 bridgehead atoms. The van der Waals surface area contributed by atoms with Crippen LogP contribution in [0.1, 0.15) is 34.5 Å². The lowest BCUT2D eigenvalue weighted by Crippen LogP contribution is -2.21. The van der Waals surface area contributed by atoms with Crippen LogP contribution in [-0.4, -0.2) is 18.4 Å². The van der Waals surface area contributed by atoms with Crippen molar-refractivity contribution in [1.29, 1.82) is 0 Å². The number of carbonyl (C=O) groups excluding carboxylic acids is 2. The van der Waals surface area contributed by atoms with Crippen LogP contribution in [0.4, 0.5) is 0 Å². The summed E-state index contributed by atoms with van der Waals surface area (Å²) in [6, 6.07) is 21.6. The van der Waals surface area contributed by atoms with Crippen LogP contribution in [0.2, 0.25) is 0 Å². The topological polar surface area (TPSA) is 61.8 Å². The molecule has 0 radical (unpaired) electrons. The highest BCUT2D eigenvalue weighted by atomic mass is 79.9. The van der Waals surface area contributed by atoms with Crippen molar-refractivity contribution < 1.29 is 23.8 Å². The minimum atomic E-state index is -0.922. The fourth-order valence-electron chi connectivity index (χ4n) is 3.19. The van der Waals surface area contributed by atoms with E-state index >= 15 is 0 Å². The van der Waals surface area contributed by atoms with Gasteiger partial charge in [-0.1, -0.05) is 58.4 Å². The highest BCUT2D eigenvalue weighted by Crippen LogP contribution is 2.36. The second-order valence-electron chi connectivity index (χ2n) is 6.81. The monoisotopic (exact) mass is 478 g/mol. The van der Waals surface area contributed by atoms with E-state index < -0.39 is 12.1 Å². The van der Waals surface area contributed by atoms with Crippen LogP contribution in [0.3, 0.4) is 0 Å². The van der Waals surface area contributed by atoms with Crippen LogP contribution in [-0.2, 0) is 9.53 Å². The lowest BCUT2D eigenvalue weighted by molar-refractivity contribution is -0.151. The standard InChI is InChI=1S/C25H19BrO5/c1-2-29-25(28)24(17-6-4-3-5-7-17)30-19-12-13-20-21(15-19)31-22(23(20)27)14-16-8-10-18(26)11-9-16/h3-15,24H,2H2,1H3. The molecule has 0 amide bonds. The molecule has 3 aromatic rings. The van der Waals surface area contributed by atoms with E-state index in [1.807, 2.05) is 42.5 Å². The minimum absolute atomic E-state index is 0.200. The third-order valence-electron chi connectivity index (χ3n) is 4.67. The Kier molecular flexibility index (Phi) is 6.18. The van der Waals surface area contributed by atoms with Gasteiger partial charge in [-0.2, -0.15) is 0 Å². The van der Waals surface area contributed by atoms with Crippen LogP contribution in [0.25, 0.3) is 6.08 Å². The van der Waals surface area contributed by atoms with Crippen LogP contribution in [0, 0.1) is 0 Å². The molecule has 0 aliphatic carbocycles. The Morgan fingerprint density at radius 3 is 2.52 bits per heavy atom. The molecule has 1 aliphatic heterocycles. The Bertz CT molecular complexity index is 1140. The SMILES string of the molecule is CCOC(=O)C(Oc1ccc2c(c1)OC(=Cc1ccc(Br)cc1)C2=O)c1ccccc1. The van der Waals surface area contributed by atoms with Gasteiger partial charge < -0.3 is 14.2 Å². The molecule has 0 spiro atoms. The molecular weight excluding hydrogens is 460 g/mol. The Labute approximate surface area is 188 Å². The first-order valence-corrected chi connectivity index (χ1v) is 10.6. The first kappa shape index (κ1) is 20.9. The van der Waals surface area contributed by atoms with E-state index in [4.69, 9.17) is 14.2 Å². The summed E-state index contributed by atoms with van der Waals surface area (Å²) in [5.74, 6) is 0.343. The molecular formula is C25H19BrO5. The second kappa shape index (κ2) is 9.18. The van der Waals surface area contributed by atoms with Crippen molar-refractivity contribution in [2.45, 2.75) is 13.0 Å². The largest absolute Gasteiger partial charge is 0.474 e. The number of hydrogen-bond donors (Lipinski definition) is 0. The highest BCUT2D eigenvalue weighted by Gasteiger charge is 2.29. The number of esters is 1. The summed E-state index contributed by atoms with van der Waals surface area (Å²) in [5, 5.41) is 0. The molecule has 1 heterocycles. The highest BCUT2D eigenvalue weighted by molar-refractivity contribution is 9.10. The molecule has 1 atom stereocenters. The maximum absolute atomic E-state index is 12.7. The molecule has 1 aliphatic rings. The second-order valence-corrected chi connectivity index (χ2v) is 7.73.